The van der Waals surface area contributed by atoms with E-state index in [0.717, 1.165) is 33.8 Å². The number of aryl methyl sites for hydroxylation is 2. The molecular weight excluding hydrogens is 452 g/mol. The lowest BCUT2D eigenvalue weighted by Gasteiger charge is -2.03. The summed E-state index contributed by atoms with van der Waals surface area (Å²) in [5, 5.41) is 8.98. The van der Waals surface area contributed by atoms with Gasteiger partial charge in [0.15, 0.2) is 5.13 Å². The van der Waals surface area contributed by atoms with Crippen LogP contribution < -0.4 is 10.6 Å². The van der Waals surface area contributed by atoms with Gasteiger partial charge < -0.3 is 5.32 Å². The maximum atomic E-state index is 12.9. The van der Waals surface area contributed by atoms with Gasteiger partial charge in [0.25, 0.3) is 5.91 Å². The topological polar surface area (TPSA) is 84.0 Å². The van der Waals surface area contributed by atoms with Crippen molar-refractivity contribution in [1.29, 1.82) is 0 Å². The Kier molecular flexibility index (Phi) is 6.96. The van der Waals surface area contributed by atoms with Gasteiger partial charge in [-0.1, -0.05) is 55.5 Å². The minimum Gasteiger partial charge on any atom is -0.352 e. The van der Waals surface area contributed by atoms with Gasteiger partial charge in [-0.3, -0.25) is 14.9 Å². The number of carbonyl (C=O) groups excluding carboxylic acids is 2. The molecule has 2 amide bonds. The maximum absolute atomic E-state index is 12.9. The third-order valence-corrected chi connectivity index (χ3v) is 7.09. The standard InChI is InChI=1S/C25H24N4O2S2/c1-4-17-5-11-20(12-6-17)24-27-15(2)22(33-24)23(31)29-25-28-21(14-32-25)19-9-7-18(8-10-19)13-26-16(3)30/h5-12,14H,4,13H2,1-3H3,(H,26,30)(H,28,29,31). The molecule has 4 rings (SSSR count). The fourth-order valence-electron chi connectivity index (χ4n) is 3.25. The number of nitrogens with one attached hydrogen (secondary N) is 2. The number of amides is 2. The van der Waals surface area contributed by atoms with Crippen molar-refractivity contribution in [2.24, 2.45) is 0 Å². The molecule has 0 spiro atoms. The summed E-state index contributed by atoms with van der Waals surface area (Å²) in [5.74, 6) is -0.260. The molecule has 0 saturated carbocycles. The molecule has 2 N–H and O–H groups in total. The fourth-order valence-corrected chi connectivity index (χ4v) is 4.93. The number of benzene rings is 2. The van der Waals surface area contributed by atoms with Crippen LogP contribution in [0.25, 0.3) is 21.8 Å². The second kappa shape index (κ2) is 10.1. The van der Waals surface area contributed by atoms with Crippen LogP contribution in [0.4, 0.5) is 5.13 Å². The molecule has 6 nitrogen and oxygen atoms in total. The zero-order chi connectivity index (χ0) is 23.4. The minimum absolute atomic E-state index is 0.0586. The van der Waals surface area contributed by atoms with Crippen LogP contribution in [0.1, 0.15) is 40.3 Å². The second-order valence-corrected chi connectivity index (χ2v) is 9.44. The third-order valence-electron chi connectivity index (χ3n) is 5.13. The highest BCUT2D eigenvalue weighted by atomic mass is 32.1. The lowest BCUT2D eigenvalue weighted by Crippen LogP contribution is -2.18. The number of carbonyl (C=O) groups is 2. The molecule has 2 heterocycles. The van der Waals surface area contributed by atoms with E-state index in [4.69, 9.17) is 0 Å². The van der Waals surface area contributed by atoms with Gasteiger partial charge in [0.1, 0.15) is 9.88 Å². The molecule has 2 aromatic heterocycles. The molecule has 4 aromatic rings. The summed E-state index contributed by atoms with van der Waals surface area (Å²) in [6, 6.07) is 16.1. The van der Waals surface area contributed by atoms with Crippen LogP contribution >= 0.6 is 22.7 Å². The van der Waals surface area contributed by atoms with Crippen molar-refractivity contribution in [1.82, 2.24) is 15.3 Å². The summed E-state index contributed by atoms with van der Waals surface area (Å²) in [4.78, 5) is 33.7. The Morgan fingerprint density at radius 3 is 2.27 bits per heavy atom. The Balaban J connectivity index is 1.44. The third kappa shape index (κ3) is 5.53. The van der Waals surface area contributed by atoms with Crippen LogP contribution in [0.2, 0.25) is 0 Å². The monoisotopic (exact) mass is 476 g/mol. The van der Waals surface area contributed by atoms with E-state index in [9.17, 15) is 9.59 Å². The molecule has 0 aliphatic rings. The van der Waals surface area contributed by atoms with E-state index in [1.54, 1.807) is 0 Å². The van der Waals surface area contributed by atoms with Gasteiger partial charge in [-0.2, -0.15) is 0 Å². The van der Waals surface area contributed by atoms with Crippen molar-refractivity contribution < 1.29 is 9.59 Å². The van der Waals surface area contributed by atoms with Gasteiger partial charge in [0, 0.05) is 30.0 Å². The molecule has 8 heteroatoms. The molecule has 168 valence electrons. The normalized spacial score (nSPS) is 10.8. The highest BCUT2D eigenvalue weighted by Crippen LogP contribution is 2.30. The van der Waals surface area contributed by atoms with Gasteiger partial charge in [0.05, 0.1) is 11.4 Å². The average molecular weight is 477 g/mol. The Morgan fingerprint density at radius 2 is 1.61 bits per heavy atom. The summed E-state index contributed by atoms with van der Waals surface area (Å²) in [7, 11) is 0. The van der Waals surface area contributed by atoms with Crippen molar-refractivity contribution in [2.45, 2.75) is 33.7 Å². The molecular formula is C25H24N4O2S2. The quantitative estimate of drug-likeness (QED) is 0.359. The average Bonchev–Trinajstić information content (AvgIpc) is 3.45. The Morgan fingerprint density at radius 1 is 0.939 bits per heavy atom. The molecule has 0 aliphatic heterocycles. The van der Waals surface area contributed by atoms with E-state index in [-0.39, 0.29) is 11.8 Å². The number of thiazole rings is 2. The van der Waals surface area contributed by atoms with Crippen LogP contribution in [-0.4, -0.2) is 21.8 Å². The van der Waals surface area contributed by atoms with Gasteiger partial charge >= 0.3 is 0 Å². The van der Waals surface area contributed by atoms with Gasteiger partial charge in [-0.25, -0.2) is 9.97 Å². The van der Waals surface area contributed by atoms with Crippen LogP contribution in [0, 0.1) is 6.92 Å². The van der Waals surface area contributed by atoms with E-state index in [2.05, 4.69) is 39.7 Å². The van der Waals surface area contributed by atoms with Crippen molar-refractivity contribution in [3.8, 4) is 21.8 Å². The first-order chi connectivity index (χ1) is 15.9. The lowest BCUT2D eigenvalue weighted by atomic mass is 10.1. The molecule has 33 heavy (non-hydrogen) atoms. The van der Waals surface area contributed by atoms with Crippen LogP contribution in [0.3, 0.4) is 0 Å². The number of hydrogen-bond acceptors (Lipinski definition) is 6. The predicted molar refractivity (Wildman–Crippen MR) is 135 cm³/mol. The molecule has 0 radical (unpaired) electrons. The number of nitrogens with zero attached hydrogens (tertiary/aromatic N) is 2. The number of hydrogen-bond donors (Lipinski definition) is 2. The predicted octanol–water partition coefficient (Wildman–Crippen LogP) is 5.69. The smallest absolute Gasteiger partial charge is 0.269 e. The molecule has 2 aromatic carbocycles. The lowest BCUT2D eigenvalue weighted by molar-refractivity contribution is -0.119. The Bertz CT molecular complexity index is 1270. The zero-order valence-corrected chi connectivity index (χ0v) is 20.3. The van der Waals surface area contributed by atoms with Crippen LogP contribution in [0.5, 0.6) is 0 Å². The molecule has 0 aliphatic carbocycles. The first kappa shape index (κ1) is 22.8. The first-order valence-electron chi connectivity index (χ1n) is 10.6. The highest BCUT2D eigenvalue weighted by Gasteiger charge is 2.18. The number of rotatable bonds is 7. The second-order valence-electron chi connectivity index (χ2n) is 7.58. The Hall–Kier alpha value is -3.36. The molecule has 0 saturated heterocycles. The van der Waals surface area contributed by atoms with Gasteiger partial charge in [0.2, 0.25) is 5.91 Å². The largest absolute Gasteiger partial charge is 0.352 e. The molecule has 0 bridgehead atoms. The van der Waals surface area contributed by atoms with Crippen molar-refractivity contribution >= 4 is 39.6 Å². The number of anilines is 1. The van der Waals surface area contributed by atoms with Gasteiger partial charge in [-0.15, -0.1) is 22.7 Å². The van der Waals surface area contributed by atoms with E-state index < -0.39 is 0 Å². The first-order valence-corrected chi connectivity index (χ1v) is 12.3. The summed E-state index contributed by atoms with van der Waals surface area (Å²) >= 11 is 2.77. The van der Waals surface area contributed by atoms with Crippen LogP contribution in [-0.2, 0) is 17.8 Å². The summed E-state index contributed by atoms with van der Waals surface area (Å²) in [6.07, 6.45) is 0.988. The van der Waals surface area contributed by atoms with E-state index in [0.29, 0.717) is 22.2 Å². The highest BCUT2D eigenvalue weighted by molar-refractivity contribution is 7.17. The van der Waals surface area contributed by atoms with Crippen molar-refractivity contribution in [3.05, 3.63) is 75.6 Å². The molecule has 0 atom stereocenters. The van der Waals surface area contributed by atoms with Crippen molar-refractivity contribution in [2.75, 3.05) is 5.32 Å². The van der Waals surface area contributed by atoms with E-state index >= 15 is 0 Å². The maximum Gasteiger partial charge on any atom is 0.269 e. The Labute approximate surface area is 200 Å². The van der Waals surface area contributed by atoms with Crippen molar-refractivity contribution in [3.63, 3.8) is 0 Å². The van der Waals surface area contributed by atoms with E-state index in [1.807, 2.05) is 48.7 Å². The summed E-state index contributed by atoms with van der Waals surface area (Å²) in [5.41, 5.74) is 5.74. The van der Waals surface area contributed by atoms with Gasteiger partial charge in [-0.05, 0) is 24.5 Å². The summed E-state index contributed by atoms with van der Waals surface area (Å²) in [6.45, 7) is 5.97. The zero-order valence-electron chi connectivity index (χ0n) is 18.6. The molecule has 0 fully saturated rings. The summed E-state index contributed by atoms with van der Waals surface area (Å²) < 4.78 is 0. The minimum atomic E-state index is -0.201. The van der Waals surface area contributed by atoms with Crippen LogP contribution in [0.15, 0.2) is 53.9 Å². The molecule has 0 unspecified atom stereocenters. The number of aromatic nitrogens is 2. The fraction of sp³-hybridized carbons (Fsp3) is 0.200. The van der Waals surface area contributed by atoms with E-state index in [1.165, 1.54) is 35.2 Å². The SMILES string of the molecule is CCc1ccc(-c2nc(C)c(C(=O)Nc3nc(-c4ccc(CNC(C)=O)cc4)cs3)s2)cc1.